The lowest BCUT2D eigenvalue weighted by Gasteiger charge is -2.16. The smallest absolute Gasteiger partial charge is 0.135 e. The highest BCUT2D eigenvalue weighted by Crippen LogP contribution is 2.37. The van der Waals surface area contributed by atoms with E-state index < -0.39 is 0 Å². The van der Waals surface area contributed by atoms with E-state index in [-0.39, 0.29) is 0 Å². The summed E-state index contributed by atoms with van der Waals surface area (Å²) in [5.41, 5.74) is 1.35. The van der Waals surface area contributed by atoms with Gasteiger partial charge >= 0.3 is 0 Å². The SMILES string of the molecule is CCCOc1c2ccccc2cc2cccc(CC(C)Br)c12. The van der Waals surface area contributed by atoms with Crippen LogP contribution in [-0.4, -0.2) is 11.4 Å². The van der Waals surface area contributed by atoms with Crippen molar-refractivity contribution < 1.29 is 4.74 Å². The summed E-state index contributed by atoms with van der Waals surface area (Å²) in [5, 5.41) is 4.97. The van der Waals surface area contributed by atoms with Crippen molar-refractivity contribution >= 4 is 37.5 Å². The van der Waals surface area contributed by atoms with E-state index in [1.165, 1.54) is 27.1 Å². The number of fused-ring (bicyclic) bond motifs is 2. The van der Waals surface area contributed by atoms with Crippen LogP contribution in [0.15, 0.2) is 48.5 Å². The zero-order valence-corrected chi connectivity index (χ0v) is 14.7. The summed E-state index contributed by atoms with van der Waals surface area (Å²) in [5.74, 6) is 1.04. The third-order valence-corrected chi connectivity index (χ3v) is 4.20. The van der Waals surface area contributed by atoms with Gasteiger partial charge in [-0.3, -0.25) is 0 Å². The fourth-order valence-corrected chi connectivity index (χ4v) is 3.33. The highest BCUT2D eigenvalue weighted by Gasteiger charge is 2.13. The summed E-state index contributed by atoms with van der Waals surface area (Å²) in [7, 11) is 0. The number of hydrogen-bond donors (Lipinski definition) is 0. The summed E-state index contributed by atoms with van der Waals surface area (Å²) in [6, 6.07) is 17.3. The highest BCUT2D eigenvalue weighted by atomic mass is 79.9. The zero-order chi connectivity index (χ0) is 15.5. The van der Waals surface area contributed by atoms with Crippen molar-refractivity contribution in [3.63, 3.8) is 0 Å². The largest absolute Gasteiger partial charge is 0.492 e. The first-order valence-corrected chi connectivity index (χ1v) is 8.82. The highest BCUT2D eigenvalue weighted by molar-refractivity contribution is 9.09. The van der Waals surface area contributed by atoms with Crippen molar-refractivity contribution in [3.05, 3.63) is 54.1 Å². The molecule has 1 atom stereocenters. The molecule has 3 aromatic carbocycles. The number of hydrogen-bond acceptors (Lipinski definition) is 1. The third-order valence-electron chi connectivity index (χ3n) is 3.88. The van der Waals surface area contributed by atoms with Crippen LogP contribution >= 0.6 is 15.9 Å². The van der Waals surface area contributed by atoms with Crippen LogP contribution in [0.4, 0.5) is 0 Å². The van der Waals surface area contributed by atoms with Gasteiger partial charge in [-0.2, -0.15) is 0 Å². The van der Waals surface area contributed by atoms with Gasteiger partial charge in [-0.05, 0) is 35.2 Å². The predicted molar refractivity (Wildman–Crippen MR) is 99.3 cm³/mol. The lowest BCUT2D eigenvalue weighted by molar-refractivity contribution is 0.324. The fourth-order valence-electron chi connectivity index (χ4n) is 2.98. The van der Waals surface area contributed by atoms with Gasteiger partial charge in [0.05, 0.1) is 6.61 Å². The van der Waals surface area contributed by atoms with Crippen LogP contribution in [0.1, 0.15) is 25.8 Å². The predicted octanol–water partition coefficient (Wildman–Crippen LogP) is 6.11. The molecule has 0 amide bonds. The van der Waals surface area contributed by atoms with Crippen molar-refractivity contribution in [1.82, 2.24) is 0 Å². The van der Waals surface area contributed by atoms with E-state index in [2.05, 4.69) is 78.3 Å². The molecule has 0 fully saturated rings. The normalized spacial score (nSPS) is 12.7. The van der Waals surface area contributed by atoms with E-state index in [0.717, 1.165) is 25.2 Å². The molecule has 0 aliphatic carbocycles. The molecular formula is C20H21BrO. The Morgan fingerprint density at radius 1 is 1.05 bits per heavy atom. The Kier molecular flexibility index (Phi) is 4.68. The van der Waals surface area contributed by atoms with E-state index in [0.29, 0.717) is 4.83 Å². The van der Waals surface area contributed by atoms with E-state index in [9.17, 15) is 0 Å². The summed E-state index contributed by atoms with van der Waals surface area (Å²) < 4.78 is 6.19. The molecule has 0 aliphatic heterocycles. The zero-order valence-electron chi connectivity index (χ0n) is 13.1. The summed E-state index contributed by atoms with van der Waals surface area (Å²) in [6.07, 6.45) is 2.01. The van der Waals surface area contributed by atoms with Gasteiger partial charge in [0.1, 0.15) is 5.75 Å². The van der Waals surface area contributed by atoms with Crippen LogP contribution < -0.4 is 4.74 Å². The second-order valence-corrected chi connectivity index (χ2v) is 7.34. The first kappa shape index (κ1) is 15.4. The Morgan fingerprint density at radius 3 is 2.59 bits per heavy atom. The average Bonchev–Trinajstić information content (AvgIpc) is 2.51. The van der Waals surface area contributed by atoms with Crippen LogP contribution in [0.25, 0.3) is 21.5 Å². The molecule has 1 nitrogen and oxygen atoms in total. The summed E-state index contributed by atoms with van der Waals surface area (Å²) in [6.45, 7) is 5.09. The molecule has 114 valence electrons. The Bertz CT molecular complexity index is 792. The molecule has 3 aromatic rings. The van der Waals surface area contributed by atoms with Gasteiger partial charge in [-0.15, -0.1) is 0 Å². The Hall–Kier alpha value is -1.54. The molecule has 2 heteroatoms. The van der Waals surface area contributed by atoms with Crippen LogP contribution in [0.3, 0.4) is 0 Å². The van der Waals surface area contributed by atoms with Crippen LogP contribution in [-0.2, 0) is 6.42 Å². The van der Waals surface area contributed by atoms with Gasteiger partial charge in [0.15, 0.2) is 0 Å². The molecule has 1 unspecified atom stereocenters. The number of alkyl halides is 1. The van der Waals surface area contributed by atoms with Crippen LogP contribution in [0.5, 0.6) is 5.75 Å². The molecule has 22 heavy (non-hydrogen) atoms. The molecular weight excluding hydrogens is 336 g/mol. The summed E-state index contributed by atoms with van der Waals surface area (Å²) in [4.78, 5) is 0.448. The molecule has 0 saturated heterocycles. The summed E-state index contributed by atoms with van der Waals surface area (Å²) >= 11 is 3.68. The Labute approximate surface area is 140 Å². The van der Waals surface area contributed by atoms with E-state index in [1.807, 2.05) is 0 Å². The van der Waals surface area contributed by atoms with Gasteiger partial charge in [0, 0.05) is 15.6 Å². The van der Waals surface area contributed by atoms with E-state index in [1.54, 1.807) is 0 Å². The van der Waals surface area contributed by atoms with Crippen molar-refractivity contribution in [2.45, 2.75) is 31.5 Å². The number of ether oxygens (including phenoxy) is 1. The molecule has 0 N–H and O–H groups in total. The molecule has 0 aliphatic rings. The van der Waals surface area contributed by atoms with Crippen molar-refractivity contribution in [1.29, 1.82) is 0 Å². The van der Waals surface area contributed by atoms with Gasteiger partial charge in [0.2, 0.25) is 0 Å². The molecule has 0 saturated carbocycles. The molecule has 0 spiro atoms. The monoisotopic (exact) mass is 356 g/mol. The molecule has 3 rings (SSSR count). The third kappa shape index (κ3) is 2.98. The van der Waals surface area contributed by atoms with E-state index >= 15 is 0 Å². The second kappa shape index (κ2) is 6.70. The quantitative estimate of drug-likeness (QED) is 0.396. The maximum absolute atomic E-state index is 6.19. The Balaban J connectivity index is 2.32. The molecule has 0 aromatic heterocycles. The van der Waals surface area contributed by atoms with Crippen LogP contribution in [0.2, 0.25) is 0 Å². The van der Waals surface area contributed by atoms with Gasteiger partial charge in [0.25, 0.3) is 0 Å². The second-order valence-electron chi connectivity index (χ2n) is 5.78. The van der Waals surface area contributed by atoms with Crippen molar-refractivity contribution in [2.24, 2.45) is 0 Å². The van der Waals surface area contributed by atoms with E-state index in [4.69, 9.17) is 4.74 Å². The standard InChI is InChI=1S/C20H21BrO/c1-3-11-22-20-18-10-5-4-7-15(18)13-17-9-6-8-16(19(17)20)12-14(2)21/h4-10,13-14H,3,11-12H2,1-2H3. The molecule has 0 bridgehead atoms. The maximum Gasteiger partial charge on any atom is 0.135 e. The minimum Gasteiger partial charge on any atom is -0.492 e. The lowest BCUT2D eigenvalue weighted by atomic mass is 9.96. The minimum absolute atomic E-state index is 0.448. The van der Waals surface area contributed by atoms with Crippen molar-refractivity contribution in [3.8, 4) is 5.75 Å². The fraction of sp³-hybridized carbons (Fsp3) is 0.300. The van der Waals surface area contributed by atoms with Crippen molar-refractivity contribution in [2.75, 3.05) is 6.61 Å². The molecule has 0 heterocycles. The first-order valence-electron chi connectivity index (χ1n) is 7.91. The average molecular weight is 357 g/mol. The van der Waals surface area contributed by atoms with Gasteiger partial charge in [-0.25, -0.2) is 0 Å². The first-order chi connectivity index (χ1) is 10.7. The number of halogens is 1. The Morgan fingerprint density at radius 2 is 1.82 bits per heavy atom. The van der Waals surface area contributed by atoms with Gasteiger partial charge in [-0.1, -0.05) is 72.2 Å². The maximum atomic E-state index is 6.19. The lowest BCUT2D eigenvalue weighted by Crippen LogP contribution is -2.01. The molecule has 0 radical (unpaired) electrons. The number of rotatable bonds is 5. The number of benzene rings is 3. The minimum atomic E-state index is 0.448. The van der Waals surface area contributed by atoms with Gasteiger partial charge < -0.3 is 4.74 Å². The van der Waals surface area contributed by atoms with Crippen LogP contribution in [0, 0.1) is 0 Å². The topological polar surface area (TPSA) is 9.23 Å².